The first-order valence-corrected chi connectivity index (χ1v) is 5.87. The number of piperidine rings is 1. The van der Waals surface area contributed by atoms with Gasteiger partial charge in [-0.05, 0) is 18.3 Å². The van der Waals surface area contributed by atoms with Gasteiger partial charge in [0.15, 0.2) is 0 Å². The minimum atomic E-state index is -0.788. The van der Waals surface area contributed by atoms with Crippen molar-refractivity contribution in [2.24, 2.45) is 5.41 Å². The Balaban J connectivity index is 2.79. The lowest BCUT2D eigenvalue weighted by atomic mass is 9.81. The van der Waals surface area contributed by atoms with E-state index < -0.39 is 6.09 Å². The molecular formula is C10H18BrNO2. The van der Waals surface area contributed by atoms with Gasteiger partial charge in [-0.25, -0.2) is 4.79 Å². The smallest absolute Gasteiger partial charge is 0.407 e. The van der Waals surface area contributed by atoms with Crippen LogP contribution in [-0.2, 0) is 0 Å². The molecular weight excluding hydrogens is 246 g/mol. The molecule has 0 aliphatic carbocycles. The molecule has 1 amide bonds. The van der Waals surface area contributed by atoms with Crippen molar-refractivity contribution in [2.75, 3.05) is 6.54 Å². The number of alkyl halides is 1. The Morgan fingerprint density at radius 3 is 2.50 bits per heavy atom. The van der Waals surface area contributed by atoms with Crippen molar-refractivity contribution < 1.29 is 9.90 Å². The van der Waals surface area contributed by atoms with Crippen LogP contribution < -0.4 is 0 Å². The van der Waals surface area contributed by atoms with Gasteiger partial charge >= 0.3 is 6.09 Å². The van der Waals surface area contributed by atoms with Gasteiger partial charge < -0.3 is 10.0 Å². The minimum Gasteiger partial charge on any atom is -0.465 e. The Hall–Kier alpha value is -0.250. The molecule has 0 saturated carbocycles. The molecule has 1 aliphatic heterocycles. The van der Waals surface area contributed by atoms with Crippen LogP contribution in [0.3, 0.4) is 0 Å². The predicted octanol–water partition coefficient (Wildman–Crippen LogP) is 2.94. The lowest BCUT2D eigenvalue weighted by Gasteiger charge is -2.43. The molecule has 0 aromatic rings. The number of nitrogens with zero attached hydrogens (tertiary/aromatic N) is 1. The quantitative estimate of drug-likeness (QED) is 0.683. The van der Waals surface area contributed by atoms with Crippen LogP contribution in [-0.4, -0.2) is 33.5 Å². The van der Waals surface area contributed by atoms with E-state index in [-0.39, 0.29) is 11.5 Å². The fraction of sp³-hybridized carbons (Fsp3) is 0.900. The van der Waals surface area contributed by atoms with E-state index in [0.29, 0.717) is 11.4 Å². The standard InChI is InChI=1S/C10H18BrNO2/c1-10(2,3)8-6-7(11)4-5-12(8)9(13)14/h7-8H,4-6H2,1-3H3,(H,13,14). The number of halogens is 1. The number of carboxylic acid groups (broad SMARTS) is 1. The largest absolute Gasteiger partial charge is 0.465 e. The van der Waals surface area contributed by atoms with Gasteiger partial charge in [0.1, 0.15) is 0 Å². The second-order valence-corrected chi connectivity index (χ2v) is 6.27. The van der Waals surface area contributed by atoms with Crippen LogP contribution in [0.15, 0.2) is 0 Å². The molecule has 0 aromatic carbocycles. The van der Waals surface area contributed by atoms with Crippen molar-refractivity contribution in [2.45, 2.75) is 44.5 Å². The Morgan fingerprint density at radius 1 is 1.50 bits per heavy atom. The number of likely N-dealkylation sites (tertiary alicyclic amines) is 1. The summed E-state index contributed by atoms with van der Waals surface area (Å²) in [6.45, 7) is 6.93. The number of hydrogen-bond donors (Lipinski definition) is 1. The van der Waals surface area contributed by atoms with Crippen LogP contribution in [0.25, 0.3) is 0 Å². The summed E-state index contributed by atoms with van der Waals surface area (Å²) >= 11 is 3.58. The summed E-state index contributed by atoms with van der Waals surface area (Å²) < 4.78 is 0. The fourth-order valence-corrected chi connectivity index (χ4v) is 2.53. The van der Waals surface area contributed by atoms with E-state index >= 15 is 0 Å². The summed E-state index contributed by atoms with van der Waals surface area (Å²) in [7, 11) is 0. The second kappa shape index (κ2) is 4.09. The summed E-state index contributed by atoms with van der Waals surface area (Å²) in [5, 5.41) is 9.07. The SMILES string of the molecule is CC(C)(C)C1CC(Br)CCN1C(=O)O. The molecule has 4 heteroatoms. The van der Waals surface area contributed by atoms with Gasteiger partial charge in [-0.2, -0.15) is 0 Å². The minimum absolute atomic E-state index is 0.0187. The van der Waals surface area contributed by atoms with Gasteiger partial charge in [0.25, 0.3) is 0 Å². The molecule has 14 heavy (non-hydrogen) atoms. The third kappa shape index (κ3) is 2.62. The van der Waals surface area contributed by atoms with Crippen LogP contribution in [0, 0.1) is 5.41 Å². The maximum absolute atomic E-state index is 11.0. The van der Waals surface area contributed by atoms with E-state index in [1.807, 2.05) is 0 Å². The molecule has 3 nitrogen and oxygen atoms in total. The molecule has 1 N–H and O–H groups in total. The highest BCUT2D eigenvalue weighted by atomic mass is 79.9. The Morgan fingerprint density at radius 2 is 2.07 bits per heavy atom. The van der Waals surface area contributed by atoms with Crippen LogP contribution in [0.1, 0.15) is 33.6 Å². The highest BCUT2D eigenvalue weighted by Gasteiger charge is 2.37. The normalized spacial score (nSPS) is 29.0. The molecule has 0 spiro atoms. The molecule has 0 radical (unpaired) electrons. The van der Waals surface area contributed by atoms with Crippen molar-refractivity contribution >= 4 is 22.0 Å². The number of rotatable bonds is 0. The molecule has 0 bridgehead atoms. The Kier molecular flexibility index (Phi) is 3.45. The average Bonchev–Trinajstić information content (AvgIpc) is 2.01. The molecule has 1 rings (SSSR count). The van der Waals surface area contributed by atoms with Crippen molar-refractivity contribution in [1.29, 1.82) is 0 Å². The Labute approximate surface area is 93.6 Å². The van der Waals surface area contributed by atoms with Crippen molar-refractivity contribution in [3.8, 4) is 0 Å². The predicted molar refractivity (Wildman–Crippen MR) is 59.9 cm³/mol. The zero-order valence-electron chi connectivity index (χ0n) is 8.96. The summed E-state index contributed by atoms with van der Waals surface area (Å²) in [5.74, 6) is 0. The first kappa shape index (κ1) is 11.8. The summed E-state index contributed by atoms with van der Waals surface area (Å²) in [6, 6.07) is 0.123. The van der Waals surface area contributed by atoms with Crippen molar-refractivity contribution in [1.82, 2.24) is 4.90 Å². The Bertz CT molecular complexity index is 225. The topological polar surface area (TPSA) is 40.5 Å². The van der Waals surface area contributed by atoms with Gasteiger partial charge in [0.05, 0.1) is 0 Å². The van der Waals surface area contributed by atoms with E-state index in [1.54, 1.807) is 4.90 Å². The molecule has 1 saturated heterocycles. The van der Waals surface area contributed by atoms with Crippen LogP contribution in [0.2, 0.25) is 0 Å². The van der Waals surface area contributed by atoms with Gasteiger partial charge in [0, 0.05) is 17.4 Å². The highest BCUT2D eigenvalue weighted by molar-refractivity contribution is 9.09. The third-order valence-electron chi connectivity index (χ3n) is 2.78. The molecule has 1 fully saturated rings. The number of hydrogen-bond acceptors (Lipinski definition) is 1. The molecule has 0 aromatic heterocycles. The summed E-state index contributed by atoms with van der Waals surface area (Å²) in [6.07, 6.45) is 1.04. The van der Waals surface area contributed by atoms with Gasteiger partial charge in [-0.1, -0.05) is 36.7 Å². The summed E-state index contributed by atoms with van der Waals surface area (Å²) in [5.41, 5.74) is 0.0187. The molecule has 2 atom stereocenters. The van der Waals surface area contributed by atoms with Crippen LogP contribution in [0.4, 0.5) is 4.79 Å². The second-order valence-electron chi connectivity index (χ2n) is 4.98. The number of carbonyl (C=O) groups is 1. The van der Waals surface area contributed by atoms with Crippen molar-refractivity contribution in [3.63, 3.8) is 0 Å². The zero-order valence-corrected chi connectivity index (χ0v) is 10.5. The molecule has 2 unspecified atom stereocenters. The highest BCUT2D eigenvalue weighted by Crippen LogP contribution is 2.34. The van der Waals surface area contributed by atoms with E-state index in [4.69, 9.17) is 5.11 Å². The van der Waals surface area contributed by atoms with E-state index in [9.17, 15) is 4.79 Å². The van der Waals surface area contributed by atoms with E-state index in [1.165, 1.54) is 0 Å². The van der Waals surface area contributed by atoms with Gasteiger partial charge in [-0.3, -0.25) is 0 Å². The molecule has 1 aliphatic rings. The lowest BCUT2D eigenvalue weighted by Crippen LogP contribution is -2.51. The maximum atomic E-state index is 11.0. The van der Waals surface area contributed by atoms with Gasteiger partial charge in [-0.15, -0.1) is 0 Å². The monoisotopic (exact) mass is 263 g/mol. The molecule has 82 valence electrons. The average molecular weight is 264 g/mol. The fourth-order valence-electron chi connectivity index (χ4n) is 1.97. The van der Waals surface area contributed by atoms with Crippen LogP contribution >= 0.6 is 15.9 Å². The zero-order chi connectivity index (χ0) is 10.9. The first-order chi connectivity index (χ1) is 6.32. The maximum Gasteiger partial charge on any atom is 0.407 e. The number of amides is 1. The van der Waals surface area contributed by atoms with E-state index in [0.717, 1.165) is 12.8 Å². The first-order valence-electron chi connectivity index (χ1n) is 4.96. The van der Waals surface area contributed by atoms with Crippen molar-refractivity contribution in [3.05, 3.63) is 0 Å². The van der Waals surface area contributed by atoms with Crippen LogP contribution in [0.5, 0.6) is 0 Å². The molecule has 1 heterocycles. The summed E-state index contributed by atoms with van der Waals surface area (Å²) in [4.78, 5) is 13.1. The van der Waals surface area contributed by atoms with Gasteiger partial charge in [0.2, 0.25) is 0 Å². The lowest BCUT2D eigenvalue weighted by molar-refractivity contribution is 0.0619. The van der Waals surface area contributed by atoms with E-state index in [2.05, 4.69) is 36.7 Å². The third-order valence-corrected chi connectivity index (χ3v) is 3.62.